The maximum atomic E-state index is 11.7. The second-order valence-corrected chi connectivity index (χ2v) is 7.67. The zero-order valence-electron chi connectivity index (χ0n) is 18.0. The molecule has 0 heterocycles. The highest BCUT2D eigenvalue weighted by molar-refractivity contribution is 5.75. The van der Waals surface area contributed by atoms with E-state index in [9.17, 15) is 4.79 Å². The summed E-state index contributed by atoms with van der Waals surface area (Å²) in [5.74, 6) is 0.200. The van der Waals surface area contributed by atoms with Crippen LogP contribution in [-0.2, 0) is 4.79 Å². The Bertz CT molecular complexity index is 328. The first kappa shape index (κ1) is 25.2. The number of nitrogens with zero attached hydrogens (tertiary/aromatic N) is 1. The van der Waals surface area contributed by atoms with Crippen LogP contribution in [0.25, 0.3) is 0 Å². The van der Waals surface area contributed by atoms with Gasteiger partial charge in [-0.3, -0.25) is 9.69 Å². The Kier molecular flexibility index (Phi) is 19.8. The number of amides is 1. The van der Waals surface area contributed by atoms with Gasteiger partial charge in [0.25, 0.3) is 0 Å². The summed E-state index contributed by atoms with van der Waals surface area (Å²) in [6, 6.07) is 0. The SMILES string of the molecule is CCCCCCCCC=CCCCCCCCC(=O)NCN(C)CCC. The van der Waals surface area contributed by atoms with E-state index in [4.69, 9.17) is 0 Å². The van der Waals surface area contributed by atoms with Crippen LogP contribution in [0.2, 0.25) is 0 Å². The molecule has 26 heavy (non-hydrogen) atoms. The number of nitrogens with one attached hydrogen (secondary N) is 1. The minimum absolute atomic E-state index is 0.200. The summed E-state index contributed by atoms with van der Waals surface area (Å²) < 4.78 is 0. The molecular formula is C23H46N2O. The van der Waals surface area contributed by atoms with E-state index in [-0.39, 0.29) is 5.91 Å². The van der Waals surface area contributed by atoms with E-state index in [0.29, 0.717) is 13.1 Å². The average Bonchev–Trinajstić information content (AvgIpc) is 2.63. The third-order valence-corrected chi connectivity index (χ3v) is 4.82. The molecule has 0 aliphatic heterocycles. The largest absolute Gasteiger partial charge is 0.343 e. The Labute approximate surface area is 164 Å². The van der Waals surface area contributed by atoms with Gasteiger partial charge in [0.15, 0.2) is 0 Å². The molecular weight excluding hydrogens is 320 g/mol. The van der Waals surface area contributed by atoms with Gasteiger partial charge < -0.3 is 5.32 Å². The van der Waals surface area contributed by atoms with Crippen molar-refractivity contribution in [2.45, 2.75) is 110 Å². The quantitative estimate of drug-likeness (QED) is 0.162. The number of carbonyl (C=O) groups is 1. The van der Waals surface area contributed by atoms with Crippen molar-refractivity contribution in [1.29, 1.82) is 0 Å². The van der Waals surface area contributed by atoms with Crippen LogP contribution in [0, 0.1) is 0 Å². The summed E-state index contributed by atoms with van der Waals surface area (Å²) in [6.45, 7) is 6.14. The number of hydrogen-bond donors (Lipinski definition) is 1. The molecule has 0 rings (SSSR count). The Balaban J connectivity index is 3.25. The van der Waals surface area contributed by atoms with E-state index in [1.54, 1.807) is 0 Å². The molecule has 0 aromatic carbocycles. The predicted octanol–water partition coefficient (Wildman–Crippen LogP) is 6.44. The lowest BCUT2D eigenvalue weighted by molar-refractivity contribution is -0.121. The fraction of sp³-hybridized carbons (Fsp3) is 0.870. The first-order chi connectivity index (χ1) is 12.7. The van der Waals surface area contributed by atoms with Crippen molar-refractivity contribution in [3.63, 3.8) is 0 Å². The van der Waals surface area contributed by atoms with Crippen molar-refractivity contribution < 1.29 is 4.79 Å². The normalized spacial score (nSPS) is 11.5. The minimum Gasteiger partial charge on any atom is -0.343 e. The number of unbranched alkanes of at least 4 members (excludes halogenated alkanes) is 11. The van der Waals surface area contributed by atoms with E-state index < -0.39 is 0 Å². The lowest BCUT2D eigenvalue weighted by Gasteiger charge is -2.16. The van der Waals surface area contributed by atoms with Gasteiger partial charge in [-0.25, -0.2) is 0 Å². The van der Waals surface area contributed by atoms with Crippen LogP contribution >= 0.6 is 0 Å². The summed E-state index contributed by atoms with van der Waals surface area (Å²) in [6.07, 6.45) is 23.4. The zero-order valence-corrected chi connectivity index (χ0v) is 18.0. The van der Waals surface area contributed by atoms with Crippen molar-refractivity contribution in [3.05, 3.63) is 12.2 Å². The molecule has 0 saturated carbocycles. The predicted molar refractivity (Wildman–Crippen MR) is 115 cm³/mol. The number of hydrogen-bond acceptors (Lipinski definition) is 2. The maximum absolute atomic E-state index is 11.7. The molecule has 0 unspecified atom stereocenters. The van der Waals surface area contributed by atoms with Crippen LogP contribution in [-0.4, -0.2) is 31.1 Å². The molecule has 0 aromatic heterocycles. The molecule has 3 nitrogen and oxygen atoms in total. The molecule has 1 N–H and O–H groups in total. The number of allylic oxidation sites excluding steroid dienone is 2. The van der Waals surface area contributed by atoms with Crippen LogP contribution in [0.15, 0.2) is 12.2 Å². The summed E-state index contributed by atoms with van der Waals surface area (Å²) in [7, 11) is 2.05. The second kappa shape index (κ2) is 20.5. The Morgan fingerprint density at radius 3 is 1.88 bits per heavy atom. The third-order valence-electron chi connectivity index (χ3n) is 4.82. The average molecular weight is 367 g/mol. The van der Waals surface area contributed by atoms with Gasteiger partial charge in [-0.15, -0.1) is 0 Å². The molecule has 0 atom stereocenters. The number of carbonyl (C=O) groups excluding carboxylic acids is 1. The Morgan fingerprint density at radius 1 is 0.769 bits per heavy atom. The van der Waals surface area contributed by atoms with Crippen LogP contribution in [0.1, 0.15) is 110 Å². The molecule has 0 saturated heterocycles. The van der Waals surface area contributed by atoms with Gasteiger partial charge >= 0.3 is 0 Å². The first-order valence-electron chi connectivity index (χ1n) is 11.3. The minimum atomic E-state index is 0.200. The fourth-order valence-corrected chi connectivity index (χ4v) is 3.13. The number of rotatable bonds is 19. The second-order valence-electron chi connectivity index (χ2n) is 7.67. The smallest absolute Gasteiger partial charge is 0.220 e. The monoisotopic (exact) mass is 366 g/mol. The van der Waals surface area contributed by atoms with E-state index in [2.05, 4.69) is 36.2 Å². The van der Waals surface area contributed by atoms with Crippen LogP contribution < -0.4 is 5.32 Å². The Morgan fingerprint density at radius 2 is 1.31 bits per heavy atom. The molecule has 0 aliphatic carbocycles. The topological polar surface area (TPSA) is 32.3 Å². The van der Waals surface area contributed by atoms with E-state index in [1.807, 2.05) is 7.05 Å². The molecule has 154 valence electrons. The summed E-state index contributed by atoms with van der Waals surface area (Å²) in [5, 5.41) is 2.99. The van der Waals surface area contributed by atoms with Crippen molar-refractivity contribution >= 4 is 5.91 Å². The van der Waals surface area contributed by atoms with Gasteiger partial charge in [-0.1, -0.05) is 77.4 Å². The highest BCUT2D eigenvalue weighted by atomic mass is 16.1. The van der Waals surface area contributed by atoms with E-state index >= 15 is 0 Å². The molecule has 0 radical (unpaired) electrons. The third kappa shape index (κ3) is 19.5. The molecule has 0 spiro atoms. The lowest BCUT2D eigenvalue weighted by Crippen LogP contribution is -2.35. The summed E-state index contributed by atoms with van der Waals surface area (Å²) in [5.41, 5.74) is 0. The molecule has 1 amide bonds. The first-order valence-corrected chi connectivity index (χ1v) is 11.3. The van der Waals surface area contributed by atoms with E-state index in [1.165, 1.54) is 77.0 Å². The van der Waals surface area contributed by atoms with Crippen LogP contribution in [0.5, 0.6) is 0 Å². The van der Waals surface area contributed by atoms with Crippen molar-refractivity contribution in [3.8, 4) is 0 Å². The van der Waals surface area contributed by atoms with Crippen molar-refractivity contribution in [1.82, 2.24) is 10.2 Å². The Hall–Kier alpha value is -0.830. The maximum Gasteiger partial charge on any atom is 0.220 e. The highest BCUT2D eigenvalue weighted by Gasteiger charge is 2.02. The van der Waals surface area contributed by atoms with Crippen molar-refractivity contribution in [2.75, 3.05) is 20.3 Å². The van der Waals surface area contributed by atoms with Gasteiger partial charge in [-0.2, -0.15) is 0 Å². The molecule has 0 fully saturated rings. The zero-order chi connectivity index (χ0) is 19.3. The van der Waals surface area contributed by atoms with Crippen LogP contribution in [0.4, 0.5) is 0 Å². The van der Waals surface area contributed by atoms with Crippen molar-refractivity contribution in [2.24, 2.45) is 0 Å². The summed E-state index contributed by atoms with van der Waals surface area (Å²) in [4.78, 5) is 13.9. The van der Waals surface area contributed by atoms with Gasteiger partial charge in [0.1, 0.15) is 0 Å². The van der Waals surface area contributed by atoms with Gasteiger partial charge in [-0.05, 0) is 52.1 Å². The molecule has 3 heteroatoms. The van der Waals surface area contributed by atoms with Gasteiger partial charge in [0, 0.05) is 6.42 Å². The molecule has 0 aliphatic rings. The lowest BCUT2D eigenvalue weighted by atomic mass is 10.1. The molecule has 0 aromatic rings. The van der Waals surface area contributed by atoms with Crippen LogP contribution in [0.3, 0.4) is 0 Å². The van der Waals surface area contributed by atoms with Gasteiger partial charge in [0.2, 0.25) is 5.91 Å². The fourth-order valence-electron chi connectivity index (χ4n) is 3.13. The summed E-state index contributed by atoms with van der Waals surface area (Å²) >= 11 is 0. The highest BCUT2D eigenvalue weighted by Crippen LogP contribution is 2.09. The van der Waals surface area contributed by atoms with Gasteiger partial charge in [0.05, 0.1) is 6.67 Å². The molecule has 0 bridgehead atoms. The van der Waals surface area contributed by atoms with E-state index in [0.717, 1.165) is 19.4 Å². The standard InChI is InChI=1S/C23H46N2O/c1-4-6-7-8-9-10-11-12-13-14-15-16-17-18-19-20-23(26)24-22-25(3)21-5-2/h12-13H,4-11,14-22H2,1-3H3,(H,24,26).